The van der Waals surface area contributed by atoms with E-state index in [1.807, 2.05) is 73.6 Å². The molecule has 31 heavy (non-hydrogen) atoms. The molecule has 3 rings (SSSR count). The van der Waals surface area contributed by atoms with Gasteiger partial charge in [0.1, 0.15) is 5.75 Å². The zero-order valence-corrected chi connectivity index (χ0v) is 18.0. The fraction of sp³-hybridized carbons (Fsp3) is 0.200. The number of likely N-dealkylation sites (N-methyl/N-ethyl adjacent to an activating group) is 1. The number of carbonyl (C=O) groups excluding carboxylic acids is 2. The maximum absolute atomic E-state index is 12.6. The highest BCUT2D eigenvalue weighted by molar-refractivity contribution is 6.06. The van der Waals surface area contributed by atoms with E-state index in [0.717, 1.165) is 11.3 Å². The Balaban J connectivity index is 1.59. The van der Waals surface area contributed by atoms with Crippen LogP contribution in [0.15, 0.2) is 78.9 Å². The lowest BCUT2D eigenvalue weighted by molar-refractivity contribution is -0.132. The Labute approximate surface area is 183 Å². The van der Waals surface area contributed by atoms with E-state index in [0.29, 0.717) is 23.5 Å². The number of nitrogens with one attached hydrogen (secondary N) is 1. The molecule has 6 nitrogen and oxygen atoms in total. The summed E-state index contributed by atoms with van der Waals surface area (Å²) in [5, 5.41) is 2.84. The van der Waals surface area contributed by atoms with Crippen molar-refractivity contribution in [2.24, 2.45) is 0 Å². The van der Waals surface area contributed by atoms with E-state index in [9.17, 15) is 9.59 Å². The first-order chi connectivity index (χ1) is 14.9. The number of nitrogens with zero attached hydrogens (tertiary/aromatic N) is 2. The van der Waals surface area contributed by atoms with E-state index in [4.69, 9.17) is 4.74 Å². The Morgan fingerprint density at radius 1 is 0.839 bits per heavy atom. The van der Waals surface area contributed by atoms with Gasteiger partial charge in [-0.25, -0.2) is 0 Å². The third-order valence-electron chi connectivity index (χ3n) is 4.81. The standard InChI is InChI=1S/C25H27N3O3/c1-27(2)21-15-13-19(14-16-21)17-28(3)24(29)18-31-23-12-8-7-11-22(23)25(30)26-20-9-5-4-6-10-20/h4-16H,17-18H2,1-3H3,(H,26,30). The second-order valence-electron chi connectivity index (χ2n) is 7.42. The molecule has 1 N–H and O–H groups in total. The first kappa shape index (κ1) is 21.9. The van der Waals surface area contributed by atoms with Crippen LogP contribution in [0.4, 0.5) is 11.4 Å². The van der Waals surface area contributed by atoms with Crippen LogP contribution in [-0.4, -0.2) is 44.5 Å². The molecule has 0 saturated carbocycles. The van der Waals surface area contributed by atoms with Gasteiger partial charge in [-0.1, -0.05) is 42.5 Å². The highest BCUT2D eigenvalue weighted by Gasteiger charge is 2.15. The van der Waals surface area contributed by atoms with E-state index in [2.05, 4.69) is 5.32 Å². The summed E-state index contributed by atoms with van der Waals surface area (Å²) in [5.41, 5.74) is 3.20. The maximum Gasteiger partial charge on any atom is 0.260 e. The number of amides is 2. The normalized spacial score (nSPS) is 10.3. The highest BCUT2D eigenvalue weighted by atomic mass is 16.5. The molecule has 0 radical (unpaired) electrons. The zero-order chi connectivity index (χ0) is 22.2. The van der Waals surface area contributed by atoms with Gasteiger partial charge in [0.05, 0.1) is 5.56 Å². The van der Waals surface area contributed by atoms with Crippen LogP contribution < -0.4 is 15.0 Å². The number of para-hydroxylation sites is 2. The van der Waals surface area contributed by atoms with E-state index >= 15 is 0 Å². The quantitative estimate of drug-likeness (QED) is 0.601. The van der Waals surface area contributed by atoms with Gasteiger partial charge in [0.25, 0.3) is 11.8 Å². The molecule has 0 unspecified atom stereocenters. The van der Waals surface area contributed by atoms with Crippen molar-refractivity contribution in [2.75, 3.05) is 38.0 Å². The topological polar surface area (TPSA) is 61.9 Å². The predicted molar refractivity (Wildman–Crippen MR) is 124 cm³/mol. The third kappa shape index (κ3) is 6.09. The summed E-state index contributed by atoms with van der Waals surface area (Å²) < 4.78 is 5.71. The highest BCUT2D eigenvalue weighted by Crippen LogP contribution is 2.20. The van der Waals surface area contributed by atoms with Gasteiger partial charge >= 0.3 is 0 Å². The molecule has 6 heteroatoms. The van der Waals surface area contributed by atoms with Crippen LogP contribution in [0.2, 0.25) is 0 Å². The fourth-order valence-electron chi connectivity index (χ4n) is 3.01. The minimum Gasteiger partial charge on any atom is -0.483 e. The lowest BCUT2D eigenvalue weighted by Crippen LogP contribution is -2.31. The number of benzene rings is 3. The van der Waals surface area contributed by atoms with Crippen LogP contribution in [0, 0.1) is 0 Å². The molecule has 0 saturated heterocycles. The summed E-state index contributed by atoms with van der Waals surface area (Å²) in [4.78, 5) is 28.8. The molecular weight excluding hydrogens is 390 g/mol. The smallest absolute Gasteiger partial charge is 0.260 e. The van der Waals surface area contributed by atoms with E-state index < -0.39 is 0 Å². The van der Waals surface area contributed by atoms with Crippen molar-refractivity contribution in [1.29, 1.82) is 0 Å². The first-order valence-electron chi connectivity index (χ1n) is 10.0. The van der Waals surface area contributed by atoms with Gasteiger partial charge < -0.3 is 19.9 Å². The summed E-state index contributed by atoms with van der Waals surface area (Å²) >= 11 is 0. The fourth-order valence-corrected chi connectivity index (χ4v) is 3.01. The zero-order valence-electron chi connectivity index (χ0n) is 18.0. The maximum atomic E-state index is 12.6. The number of anilines is 2. The first-order valence-corrected chi connectivity index (χ1v) is 10.0. The number of ether oxygens (including phenoxy) is 1. The van der Waals surface area contributed by atoms with Gasteiger partial charge in [-0.15, -0.1) is 0 Å². The van der Waals surface area contributed by atoms with Crippen LogP contribution in [0.1, 0.15) is 15.9 Å². The lowest BCUT2D eigenvalue weighted by atomic mass is 10.2. The molecule has 3 aromatic carbocycles. The largest absolute Gasteiger partial charge is 0.483 e. The molecule has 0 heterocycles. The Kier molecular flexibility index (Phi) is 7.27. The van der Waals surface area contributed by atoms with Gasteiger partial charge in [0.15, 0.2) is 6.61 Å². The second-order valence-corrected chi connectivity index (χ2v) is 7.42. The van der Waals surface area contributed by atoms with Gasteiger partial charge in [0.2, 0.25) is 0 Å². The minimum atomic E-state index is -0.288. The molecule has 0 aromatic heterocycles. The Morgan fingerprint density at radius 3 is 2.16 bits per heavy atom. The van der Waals surface area contributed by atoms with Crippen LogP contribution in [0.5, 0.6) is 5.75 Å². The van der Waals surface area contributed by atoms with Gasteiger partial charge in [-0.2, -0.15) is 0 Å². The number of hydrogen-bond acceptors (Lipinski definition) is 4. The molecule has 0 fully saturated rings. The minimum absolute atomic E-state index is 0.151. The Hall–Kier alpha value is -3.80. The van der Waals surface area contributed by atoms with Gasteiger partial charge in [0, 0.05) is 39.1 Å². The molecule has 3 aromatic rings. The number of rotatable bonds is 8. The summed E-state index contributed by atoms with van der Waals surface area (Å²) in [6.07, 6.45) is 0. The molecule has 0 atom stereocenters. The predicted octanol–water partition coefficient (Wildman–Crippen LogP) is 4.04. The van der Waals surface area contributed by atoms with E-state index in [-0.39, 0.29) is 18.4 Å². The SMILES string of the molecule is CN(Cc1ccc(N(C)C)cc1)C(=O)COc1ccccc1C(=O)Nc1ccccc1. The molecular formula is C25H27N3O3. The molecule has 160 valence electrons. The number of carbonyl (C=O) groups is 2. The van der Waals surface area contributed by atoms with Crippen LogP contribution >= 0.6 is 0 Å². The molecule has 2 amide bonds. The van der Waals surface area contributed by atoms with Crippen molar-refractivity contribution in [3.63, 3.8) is 0 Å². The van der Waals surface area contributed by atoms with Crippen LogP contribution in [0.3, 0.4) is 0 Å². The second kappa shape index (κ2) is 10.3. The van der Waals surface area contributed by atoms with Crippen LogP contribution in [-0.2, 0) is 11.3 Å². The summed E-state index contributed by atoms with van der Waals surface area (Å²) in [7, 11) is 5.71. The van der Waals surface area contributed by atoms with E-state index in [1.54, 1.807) is 36.2 Å². The monoisotopic (exact) mass is 417 g/mol. The number of hydrogen-bond donors (Lipinski definition) is 1. The summed E-state index contributed by atoms with van der Waals surface area (Å²) in [5.74, 6) is -0.0911. The van der Waals surface area contributed by atoms with Crippen molar-refractivity contribution >= 4 is 23.2 Å². The molecule has 0 aliphatic carbocycles. The van der Waals surface area contributed by atoms with Crippen molar-refractivity contribution in [1.82, 2.24) is 4.90 Å². The van der Waals surface area contributed by atoms with Crippen molar-refractivity contribution < 1.29 is 14.3 Å². The van der Waals surface area contributed by atoms with Gasteiger partial charge in [-0.05, 0) is 42.0 Å². The molecule has 0 bridgehead atoms. The van der Waals surface area contributed by atoms with Gasteiger partial charge in [-0.3, -0.25) is 9.59 Å². The molecule has 0 spiro atoms. The summed E-state index contributed by atoms with van der Waals surface area (Å²) in [6, 6.07) is 24.1. The average Bonchev–Trinajstić information content (AvgIpc) is 2.78. The van der Waals surface area contributed by atoms with Crippen molar-refractivity contribution in [2.45, 2.75) is 6.54 Å². The molecule has 0 aliphatic rings. The van der Waals surface area contributed by atoms with Crippen LogP contribution in [0.25, 0.3) is 0 Å². The Bertz CT molecular complexity index is 1020. The third-order valence-corrected chi connectivity index (χ3v) is 4.81. The van der Waals surface area contributed by atoms with Crippen molar-refractivity contribution in [3.05, 3.63) is 90.0 Å². The lowest BCUT2D eigenvalue weighted by Gasteiger charge is -2.19. The van der Waals surface area contributed by atoms with E-state index in [1.165, 1.54) is 0 Å². The van der Waals surface area contributed by atoms with Crippen molar-refractivity contribution in [3.8, 4) is 5.75 Å². The summed E-state index contributed by atoms with van der Waals surface area (Å²) in [6.45, 7) is 0.327. The average molecular weight is 418 g/mol. The Morgan fingerprint density at radius 2 is 1.48 bits per heavy atom. The molecule has 0 aliphatic heterocycles.